The largest absolute Gasteiger partial charge is 0.398 e. The van der Waals surface area contributed by atoms with Crippen molar-refractivity contribution in [3.63, 3.8) is 0 Å². The van der Waals surface area contributed by atoms with E-state index < -0.39 is 0 Å². The van der Waals surface area contributed by atoms with Gasteiger partial charge in [-0.05, 0) is 36.1 Å². The SMILES string of the molecule is C[C@@H](NCc1sccc1N)c1ccncc1. The van der Waals surface area contributed by atoms with Crippen LogP contribution in [0.1, 0.15) is 23.4 Å². The van der Waals surface area contributed by atoms with E-state index in [0.717, 1.165) is 12.2 Å². The molecule has 1 atom stereocenters. The number of thiophene rings is 1. The number of rotatable bonds is 4. The minimum absolute atomic E-state index is 0.310. The smallest absolute Gasteiger partial charge is 0.0468 e. The molecule has 2 heterocycles. The van der Waals surface area contributed by atoms with E-state index in [1.807, 2.05) is 36.0 Å². The third-order valence-corrected chi connectivity index (χ3v) is 3.49. The first-order valence-electron chi connectivity index (χ1n) is 5.22. The fraction of sp³-hybridized carbons (Fsp3) is 0.250. The predicted molar refractivity (Wildman–Crippen MR) is 68.2 cm³/mol. The maximum Gasteiger partial charge on any atom is 0.0468 e. The summed E-state index contributed by atoms with van der Waals surface area (Å²) in [6.45, 7) is 2.95. The van der Waals surface area contributed by atoms with Gasteiger partial charge in [0.25, 0.3) is 0 Å². The van der Waals surface area contributed by atoms with E-state index in [0.29, 0.717) is 6.04 Å². The van der Waals surface area contributed by atoms with E-state index in [1.54, 1.807) is 11.3 Å². The number of pyridine rings is 1. The Balaban J connectivity index is 1.94. The molecule has 0 saturated heterocycles. The molecule has 0 spiro atoms. The van der Waals surface area contributed by atoms with E-state index in [9.17, 15) is 0 Å². The number of hydrogen-bond acceptors (Lipinski definition) is 4. The molecule has 0 unspecified atom stereocenters. The fourth-order valence-corrected chi connectivity index (χ4v) is 2.26. The zero-order valence-electron chi connectivity index (χ0n) is 9.18. The molecule has 0 aromatic carbocycles. The van der Waals surface area contributed by atoms with Crippen LogP contribution in [-0.4, -0.2) is 4.98 Å². The molecule has 0 aliphatic rings. The highest BCUT2D eigenvalue weighted by atomic mass is 32.1. The van der Waals surface area contributed by atoms with E-state index in [-0.39, 0.29) is 0 Å². The summed E-state index contributed by atoms with van der Waals surface area (Å²) in [7, 11) is 0. The zero-order valence-corrected chi connectivity index (χ0v) is 10.00. The van der Waals surface area contributed by atoms with Gasteiger partial charge in [-0.1, -0.05) is 0 Å². The Kier molecular flexibility index (Phi) is 3.54. The summed E-state index contributed by atoms with van der Waals surface area (Å²) in [5.74, 6) is 0. The molecule has 3 N–H and O–H groups in total. The summed E-state index contributed by atoms with van der Waals surface area (Å²) >= 11 is 1.69. The number of nitrogen functional groups attached to an aromatic ring is 1. The highest BCUT2D eigenvalue weighted by Gasteiger charge is 2.06. The second-order valence-electron chi connectivity index (χ2n) is 3.68. The Bertz CT molecular complexity index is 439. The lowest BCUT2D eigenvalue weighted by Gasteiger charge is -2.13. The second kappa shape index (κ2) is 5.09. The third kappa shape index (κ3) is 2.59. The molecule has 0 aliphatic carbocycles. The van der Waals surface area contributed by atoms with Crippen molar-refractivity contribution in [2.45, 2.75) is 19.5 Å². The number of nitrogens with zero attached hydrogens (tertiary/aromatic N) is 1. The van der Waals surface area contributed by atoms with Crippen molar-refractivity contribution >= 4 is 17.0 Å². The number of hydrogen-bond donors (Lipinski definition) is 2. The number of nitrogens with two attached hydrogens (primary N) is 1. The van der Waals surface area contributed by atoms with Gasteiger partial charge in [0.05, 0.1) is 0 Å². The minimum atomic E-state index is 0.310. The first-order valence-corrected chi connectivity index (χ1v) is 6.10. The van der Waals surface area contributed by atoms with Crippen LogP contribution >= 0.6 is 11.3 Å². The summed E-state index contributed by atoms with van der Waals surface area (Å²) in [5, 5.41) is 5.46. The molecule has 4 heteroatoms. The van der Waals surface area contributed by atoms with Gasteiger partial charge in [-0.15, -0.1) is 11.3 Å². The molecular weight excluding hydrogens is 218 g/mol. The standard InChI is InChI=1S/C12H15N3S/c1-9(10-2-5-14-6-3-10)15-8-12-11(13)4-7-16-12/h2-7,9,15H,8,13H2,1H3/t9-/m1/s1. The normalized spacial score (nSPS) is 12.6. The Morgan fingerprint density at radius 1 is 1.38 bits per heavy atom. The summed E-state index contributed by atoms with van der Waals surface area (Å²) in [6, 6.07) is 6.30. The Morgan fingerprint density at radius 3 is 2.75 bits per heavy atom. The van der Waals surface area contributed by atoms with Crippen LogP contribution in [0.25, 0.3) is 0 Å². The van der Waals surface area contributed by atoms with Crippen molar-refractivity contribution < 1.29 is 0 Å². The molecule has 2 aromatic rings. The highest BCUT2D eigenvalue weighted by molar-refractivity contribution is 7.10. The van der Waals surface area contributed by atoms with Crippen molar-refractivity contribution in [2.24, 2.45) is 0 Å². The number of nitrogens with one attached hydrogen (secondary N) is 1. The van der Waals surface area contributed by atoms with Crippen molar-refractivity contribution in [1.29, 1.82) is 0 Å². The molecule has 84 valence electrons. The number of anilines is 1. The van der Waals surface area contributed by atoms with Gasteiger partial charge in [0.1, 0.15) is 0 Å². The van der Waals surface area contributed by atoms with Crippen molar-refractivity contribution in [3.8, 4) is 0 Å². The average Bonchev–Trinajstić information content (AvgIpc) is 2.73. The Morgan fingerprint density at radius 2 is 2.12 bits per heavy atom. The van der Waals surface area contributed by atoms with E-state index in [1.165, 1.54) is 10.4 Å². The van der Waals surface area contributed by atoms with Crippen LogP contribution < -0.4 is 11.1 Å². The van der Waals surface area contributed by atoms with Crippen molar-refractivity contribution in [1.82, 2.24) is 10.3 Å². The van der Waals surface area contributed by atoms with E-state index in [2.05, 4.69) is 17.2 Å². The number of aromatic nitrogens is 1. The molecule has 0 bridgehead atoms. The molecule has 0 amide bonds. The van der Waals surface area contributed by atoms with Gasteiger partial charge >= 0.3 is 0 Å². The molecule has 0 fully saturated rings. The molecule has 0 saturated carbocycles. The maximum absolute atomic E-state index is 5.83. The third-order valence-electron chi connectivity index (χ3n) is 2.55. The van der Waals surface area contributed by atoms with Crippen molar-refractivity contribution in [2.75, 3.05) is 5.73 Å². The topological polar surface area (TPSA) is 50.9 Å². The highest BCUT2D eigenvalue weighted by Crippen LogP contribution is 2.20. The molecular formula is C12H15N3S. The van der Waals surface area contributed by atoms with Gasteiger partial charge in [0.15, 0.2) is 0 Å². The van der Waals surface area contributed by atoms with Crippen LogP contribution in [0.4, 0.5) is 5.69 Å². The summed E-state index contributed by atoms with van der Waals surface area (Å²) < 4.78 is 0. The molecule has 0 aliphatic heterocycles. The van der Waals surface area contributed by atoms with Gasteiger partial charge in [-0.25, -0.2) is 0 Å². The monoisotopic (exact) mass is 233 g/mol. The lowest BCUT2D eigenvalue weighted by atomic mass is 10.1. The van der Waals surface area contributed by atoms with Gasteiger partial charge in [-0.3, -0.25) is 4.98 Å². The van der Waals surface area contributed by atoms with Gasteiger partial charge < -0.3 is 11.1 Å². The van der Waals surface area contributed by atoms with Crippen LogP contribution in [0.2, 0.25) is 0 Å². The van der Waals surface area contributed by atoms with Crippen LogP contribution in [-0.2, 0) is 6.54 Å². The van der Waals surface area contributed by atoms with Crippen molar-refractivity contribution in [3.05, 3.63) is 46.4 Å². The van der Waals surface area contributed by atoms with Gasteiger partial charge in [0.2, 0.25) is 0 Å². The predicted octanol–water partition coefficient (Wildman–Crippen LogP) is 2.58. The van der Waals surface area contributed by atoms with Crippen LogP contribution in [0, 0.1) is 0 Å². The lowest BCUT2D eigenvalue weighted by molar-refractivity contribution is 0.579. The fourth-order valence-electron chi connectivity index (χ4n) is 1.51. The summed E-state index contributed by atoms with van der Waals surface area (Å²) in [6.07, 6.45) is 3.63. The summed E-state index contributed by atoms with van der Waals surface area (Å²) in [4.78, 5) is 5.20. The first-order chi connectivity index (χ1) is 7.77. The summed E-state index contributed by atoms with van der Waals surface area (Å²) in [5.41, 5.74) is 7.94. The molecule has 0 radical (unpaired) electrons. The Labute approximate surface area is 99.3 Å². The average molecular weight is 233 g/mol. The molecule has 2 rings (SSSR count). The van der Waals surface area contributed by atoms with Crippen LogP contribution in [0.3, 0.4) is 0 Å². The van der Waals surface area contributed by atoms with Crippen LogP contribution in [0.15, 0.2) is 36.0 Å². The maximum atomic E-state index is 5.83. The lowest BCUT2D eigenvalue weighted by Crippen LogP contribution is -2.17. The molecule has 2 aromatic heterocycles. The quantitative estimate of drug-likeness (QED) is 0.853. The second-order valence-corrected chi connectivity index (χ2v) is 4.68. The molecule has 16 heavy (non-hydrogen) atoms. The van der Waals surface area contributed by atoms with E-state index in [4.69, 9.17) is 5.73 Å². The Hall–Kier alpha value is -1.39. The first kappa shape index (κ1) is 11.1. The van der Waals surface area contributed by atoms with Crippen LogP contribution in [0.5, 0.6) is 0 Å². The zero-order chi connectivity index (χ0) is 11.4. The van der Waals surface area contributed by atoms with E-state index >= 15 is 0 Å². The molecule has 3 nitrogen and oxygen atoms in total. The minimum Gasteiger partial charge on any atom is -0.398 e. The van der Waals surface area contributed by atoms with Gasteiger partial charge in [-0.2, -0.15) is 0 Å². The van der Waals surface area contributed by atoms with Gasteiger partial charge in [0, 0.05) is 35.5 Å².